The summed E-state index contributed by atoms with van der Waals surface area (Å²) in [7, 11) is 0. The van der Waals surface area contributed by atoms with E-state index in [1.807, 2.05) is 103 Å². The van der Waals surface area contributed by atoms with Crippen molar-refractivity contribution in [3.05, 3.63) is 140 Å². The molecule has 1 aliphatic heterocycles. The number of carbonyl (C=O) groups excluding carboxylic acids is 1. The number of thioether (sulfide) groups is 1. The van der Waals surface area contributed by atoms with Gasteiger partial charge in [0, 0.05) is 5.56 Å². The molecule has 0 spiro atoms. The van der Waals surface area contributed by atoms with Gasteiger partial charge in [0.1, 0.15) is 12.4 Å². The third kappa shape index (κ3) is 6.66. The summed E-state index contributed by atoms with van der Waals surface area (Å²) in [4.78, 5) is 20.7. The molecule has 39 heavy (non-hydrogen) atoms. The summed E-state index contributed by atoms with van der Waals surface area (Å²) in [5.41, 5.74) is 4.42. The lowest BCUT2D eigenvalue weighted by atomic mass is 10.1. The third-order valence-corrected chi connectivity index (χ3v) is 7.75. The van der Waals surface area contributed by atoms with Gasteiger partial charge in [-0.25, -0.2) is 0 Å². The number of nitrogens with zero attached hydrogens (tertiary/aromatic N) is 3. The number of halogens is 1. The van der Waals surface area contributed by atoms with Crippen LogP contribution in [0.25, 0.3) is 6.08 Å². The average Bonchev–Trinajstić information content (AvgIpc) is 3.26. The minimum absolute atomic E-state index is 0.0692. The van der Waals surface area contributed by atoms with Crippen LogP contribution in [0, 0.1) is 11.3 Å². The Morgan fingerprint density at radius 3 is 2.33 bits per heavy atom. The number of amides is 1. The molecular formula is C32H24BrN3O2S. The molecule has 0 radical (unpaired) electrons. The molecule has 5 nitrogen and oxygen atoms in total. The van der Waals surface area contributed by atoms with Crippen LogP contribution in [0.15, 0.2) is 117 Å². The first-order valence-corrected chi connectivity index (χ1v) is 14.0. The molecule has 0 bridgehead atoms. The lowest BCUT2D eigenvalue weighted by Crippen LogP contribution is -2.28. The van der Waals surface area contributed by atoms with Crippen molar-refractivity contribution in [3.8, 4) is 11.8 Å². The van der Waals surface area contributed by atoms with E-state index < -0.39 is 0 Å². The van der Waals surface area contributed by atoms with Crippen molar-refractivity contribution in [1.29, 1.82) is 5.26 Å². The van der Waals surface area contributed by atoms with Crippen LogP contribution >= 0.6 is 27.7 Å². The molecule has 1 heterocycles. The molecule has 0 aromatic heterocycles. The second kappa shape index (κ2) is 12.6. The molecule has 4 aromatic carbocycles. The first kappa shape index (κ1) is 26.5. The summed E-state index contributed by atoms with van der Waals surface area (Å²) in [5, 5.41) is 10.0. The van der Waals surface area contributed by atoms with Crippen LogP contribution in [0.2, 0.25) is 0 Å². The molecular weight excluding hydrogens is 570 g/mol. The van der Waals surface area contributed by atoms with Gasteiger partial charge in [0.2, 0.25) is 0 Å². The fourth-order valence-corrected chi connectivity index (χ4v) is 5.55. The molecule has 1 saturated heterocycles. The number of aliphatic imine (C=N–C) groups is 1. The van der Waals surface area contributed by atoms with Gasteiger partial charge >= 0.3 is 0 Å². The third-order valence-electron chi connectivity index (χ3n) is 6.09. The van der Waals surface area contributed by atoms with Crippen LogP contribution < -0.4 is 4.74 Å². The number of hydrogen-bond acceptors (Lipinski definition) is 5. The monoisotopic (exact) mass is 593 g/mol. The summed E-state index contributed by atoms with van der Waals surface area (Å²) in [5.74, 6) is 0.589. The zero-order valence-electron chi connectivity index (χ0n) is 21.0. The van der Waals surface area contributed by atoms with Gasteiger partial charge in [-0.1, -0.05) is 84.9 Å². The standard InChI is InChI=1S/C32H24BrN3O2S/c33-28-17-25(15-16-29(28)38-22-27-14-8-7-13-26(27)19-34)18-30-31(37)36(21-24-11-5-2-6-12-24)32(39-30)35-20-23-9-3-1-4-10-23/h1-18H,20-22H2/b30-18+,35-32?. The fourth-order valence-electron chi connectivity index (χ4n) is 4.06. The molecule has 1 aliphatic rings. The van der Waals surface area contributed by atoms with Crippen LogP contribution in [-0.4, -0.2) is 16.0 Å². The minimum atomic E-state index is -0.0692. The SMILES string of the molecule is N#Cc1ccccc1COc1ccc(/C=C2/SC(=NCc3ccccc3)N(Cc3ccccc3)C2=O)cc1Br. The van der Waals surface area contributed by atoms with E-state index in [0.29, 0.717) is 34.5 Å². The maximum absolute atomic E-state index is 13.5. The largest absolute Gasteiger partial charge is 0.488 e. The van der Waals surface area contributed by atoms with Gasteiger partial charge < -0.3 is 4.74 Å². The maximum Gasteiger partial charge on any atom is 0.267 e. The van der Waals surface area contributed by atoms with E-state index in [0.717, 1.165) is 26.7 Å². The summed E-state index contributed by atoms with van der Waals surface area (Å²) in [6.07, 6.45) is 1.88. The highest BCUT2D eigenvalue weighted by Gasteiger charge is 2.33. The van der Waals surface area contributed by atoms with Crippen molar-refractivity contribution in [3.63, 3.8) is 0 Å². The molecule has 0 atom stereocenters. The Morgan fingerprint density at radius 1 is 0.923 bits per heavy atom. The van der Waals surface area contributed by atoms with Gasteiger partial charge in [-0.3, -0.25) is 14.7 Å². The summed E-state index contributed by atoms with van der Waals surface area (Å²) >= 11 is 4.99. The zero-order chi connectivity index (χ0) is 27.0. The fraction of sp³-hybridized carbons (Fsp3) is 0.0938. The highest BCUT2D eigenvalue weighted by molar-refractivity contribution is 9.10. The first-order chi connectivity index (χ1) is 19.1. The minimum Gasteiger partial charge on any atom is -0.488 e. The van der Waals surface area contributed by atoms with Gasteiger partial charge in [0.05, 0.1) is 34.1 Å². The second-order valence-corrected chi connectivity index (χ2v) is 10.7. The summed E-state index contributed by atoms with van der Waals surface area (Å²) in [6.45, 7) is 1.24. The number of nitriles is 1. The zero-order valence-corrected chi connectivity index (χ0v) is 23.4. The molecule has 0 saturated carbocycles. The van der Waals surface area contributed by atoms with Crippen molar-refractivity contribution < 1.29 is 9.53 Å². The van der Waals surface area contributed by atoms with Gasteiger partial charge in [-0.2, -0.15) is 5.26 Å². The molecule has 7 heteroatoms. The van der Waals surface area contributed by atoms with Gasteiger partial charge in [-0.05, 0) is 68.7 Å². The van der Waals surface area contributed by atoms with Crippen LogP contribution in [0.3, 0.4) is 0 Å². The van der Waals surface area contributed by atoms with Crippen molar-refractivity contribution in [2.24, 2.45) is 4.99 Å². The molecule has 1 fully saturated rings. The predicted molar refractivity (Wildman–Crippen MR) is 160 cm³/mol. The first-order valence-electron chi connectivity index (χ1n) is 12.3. The molecule has 192 valence electrons. The van der Waals surface area contributed by atoms with Gasteiger partial charge in [-0.15, -0.1) is 0 Å². The van der Waals surface area contributed by atoms with Gasteiger partial charge in [0.25, 0.3) is 5.91 Å². The highest BCUT2D eigenvalue weighted by atomic mass is 79.9. The number of amidine groups is 1. The Labute approximate surface area is 240 Å². The molecule has 0 N–H and O–H groups in total. The number of carbonyl (C=O) groups is 1. The van der Waals surface area contributed by atoms with E-state index in [4.69, 9.17) is 9.73 Å². The average molecular weight is 595 g/mol. The number of rotatable bonds is 8. The molecule has 0 aliphatic carbocycles. The van der Waals surface area contributed by atoms with Crippen molar-refractivity contribution in [1.82, 2.24) is 4.90 Å². The van der Waals surface area contributed by atoms with Crippen molar-refractivity contribution in [2.45, 2.75) is 19.7 Å². The van der Waals surface area contributed by atoms with Crippen molar-refractivity contribution >= 4 is 44.8 Å². The molecule has 5 rings (SSSR count). The number of ether oxygens (including phenoxy) is 1. The number of benzene rings is 4. The second-order valence-electron chi connectivity index (χ2n) is 8.82. The van der Waals surface area contributed by atoms with Crippen LogP contribution in [0.5, 0.6) is 5.75 Å². The summed E-state index contributed by atoms with van der Waals surface area (Å²) < 4.78 is 6.73. The van der Waals surface area contributed by atoms with Crippen LogP contribution in [-0.2, 0) is 24.5 Å². The molecule has 1 amide bonds. The Hall–Kier alpha value is -4.12. The molecule has 0 unspecified atom stereocenters. The Balaban J connectivity index is 1.35. The van der Waals surface area contributed by atoms with E-state index in [2.05, 4.69) is 22.0 Å². The lowest BCUT2D eigenvalue weighted by molar-refractivity contribution is -0.122. The van der Waals surface area contributed by atoms with E-state index in [1.165, 1.54) is 11.8 Å². The Bertz CT molecular complexity index is 1580. The lowest BCUT2D eigenvalue weighted by Gasteiger charge is -2.15. The Morgan fingerprint density at radius 2 is 1.62 bits per heavy atom. The van der Waals surface area contributed by atoms with Gasteiger partial charge in [0.15, 0.2) is 5.17 Å². The molecule has 4 aromatic rings. The normalized spacial score (nSPS) is 15.1. The topological polar surface area (TPSA) is 65.7 Å². The van der Waals surface area contributed by atoms with E-state index in [-0.39, 0.29) is 12.5 Å². The number of hydrogen-bond donors (Lipinski definition) is 0. The smallest absolute Gasteiger partial charge is 0.267 e. The summed E-state index contributed by atoms with van der Waals surface area (Å²) in [6, 6.07) is 35.2. The van der Waals surface area contributed by atoms with E-state index >= 15 is 0 Å². The van der Waals surface area contributed by atoms with Crippen LogP contribution in [0.4, 0.5) is 0 Å². The highest BCUT2D eigenvalue weighted by Crippen LogP contribution is 2.35. The van der Waals surface area contributed by atoms with E-state index in [1.54, 1.807) is 11.0 Å². The quantitative estimate of drug-likeness (QED) is 0.198. The van der Waals surface area contributed by atoms with Crippen LogP contribution in [0.1, 0.15) is 27.8 Å². The Kier molecular flexibility index (Phi) is 8.57. The van der Waals surface area contributed by atoms with E-state index in [9.17, 15) is 10.1 Å². The van der Waals surface area contributed by atoms with Crippen molar-refractivity contribution in [2.75, 3.05) is 0 Å². The predicted octanol–water partition coefficient (Wildman–Crippen LogP) is 7.57. The maximum atomic E-state index is 13.5.